The Bertz CT molecular complexity index is 613. The number of amides is 1. The maximum Gasteiger partial charge on any atom is 0.265 e. The summed E-state index contributed by atoms with van der Waals surface area (Å²) >= 11 is 2.22. The molecule has 0 spiro atoms. The lowest BCUT2D eigenvalue weighted by Gasteiger charge is -2.16. The Kier molecular flexibility index (Phi) is 5.44. The van der Waals surface area contributed by atoms with Crippen molar-refractivity contribution < 1.29 is 14.3 Å². The number of rotatable bonds is 5. The molecule has 2 aromatic carbocycles. The number of hydrogen-bond donors (Lipinski definition) is 1. The standard InChI is InChI=1S/C16H16INO3/c1-11(21-13-9-7-12(17)8-10-13)16(19)18-14-5-3-4-6-15(14)20-2/h3-11H,1-2H3,(H,18,19). The number of hydrogen-bond acceptors (Lipinski definition) is 3. The quantitative estimate of drug-likeness (QED) is 0.783. The van der Waals surface area contributed by atoms with Crippen molar-refractivity contribution in [1.82, 2.24) is 0 Å². The fourth-order valence-electron chi connectivity index (χ4n) is 1.75. The number of ether oxygens (including phenoxy) is 2. The first kappa shape index (κ1) is 15.6. The summed E-state index contributed by atoms with van der Waals surface area (Å²) in [5.74, 6) is 1.06. The third-order valence-corrected chi connectivity index (χ3v) is 3.58. The van der Waals surface area contributed by atoms with Gasteiger partial charge in [-0.1, -0.05) is 12.1 Å². The maximum absolute atomic E-state index is 12.2. The highest BCUT2D eigenvalue weighted by atomic mass is 127. The van der Waals surface area contributed by atoms with Crippen LogP contribution in [-0.4, -0.2) is 19.1 Å². The molecule has 21 heavy (non-hydrogen) atoms. The van der Waals surface area contributed by atoms with Gasteiger partial charge in [0.25, 0.3) is 5.91 Å². The molecule has 0 aliphatic carbocycles. The number of benzene rings is 2. The minimum Gasteiger partial charge on any atom is -0.495 e. The van der Waals surface area contributed by atoms with Gasteiger partial charge in [-0.15, -0.1) is 0 Å². The van der Waals surface area contributed by atoms with E-state index in [1.807, 2.05) is 36.4 Å². The average Bonchev–Trinajstić information content (AvgIpc) is 2.50. The molecule has 0 fully saturated rings. The summed E-state index contributed by atoms with van der Waals surface area (Å²) in [6, 6.07) is 14.8. The molecule has 4 nitrogen and oxygen atoms in total. The first-order chi connectivity index (χ1) is 10.1. The van der Waals surface area contributed by atoms with E-state index in [4.69, 9.17) is 9.47 Å². The van der Waals surface area contributed by atoms with Gasteiger partial charge in [-0.2, -0.15) is 0 Å². The van der Waals surface area contributed by atoms with Gasteiger partial charge in [0.05, 0.1) is 12.8 Å². The van der Waals surface area contributed by atoms with Crippen LogP contribution in [0, 0.1) is 3.57 Å². The van der Waals surface area contributed by atoms with Crippen LogP contribution in [0.5, 0.6) is 11.5 Å². The Labute approximate surface area is 137 Å². The molecule has 1 amide bonds. The molecule has 0 aromatic heterocycles. The average molecular weight is 397 g/mol. The monoisotopic (exact) mass is 397 g/mol. The van der Waals surface area contributed by atoms with E-state index in [9.17, 15) is 4.79 Å². The highest BCUT2D eigenvalue weighted by Crippen LogP contribution is 2.23. The van der Waals surface area contributed by atoms with Crippen molar-refractivity contribution in [1.29, 1.82) is 0 Å². The third kappa shape index (κ3) is 4.35. The van der Waals surface area contributed by atoms with Crippen LogP contribution in [0.2, 0.25) is 0 Å². The molecular formula is C16H16INO3. The Morgan fingerprint density at radius 2 is 1.81 bits per heavy atom. The molecule has 0 saturated heterocycles. The number of anilines is 1. The van der Waals surface area contributed by atoms with Crippen molar-refractivity contribution in [2.75, 3.05) is 12.4 Å². The minimum atomic E-state index is -0.602. The lowest BCUT2D eigenvalue weighted by atomic mass is 10.2. The van der Waals surface area contributed by atoms with Crippen molar-refractivity contribution in [3.8, 4) is 11.5 Å². The summed E-state index contributed by atoms with van der Waals surface area (Å²) in [6.07, 6.45) is -0.602. The predicted molar refractivity (Wildman–Crippen MR) is 90.9 cm³/mol. The van der Waals surface area contributed by atoms with Crippen LogP contribution in [0.4, 0.5) is 5.69 Å². The van der Waals surface area contributed by atoms with E-state index in [0.29, 0.717) is 17.2 Å². The largest absolute Gasteiger partial charge is 0.495 e. The Hall–Kier alpha value is -1.76. The molecule has 0 aliphatic rings. The fourth-order valence-corrected chi connectivity index (χ4v) is 2.11. The van der Waals surface area contributed by atoms with Crippen molar-refractivity contribution in [3.05, 3.63) is 52.1 Å². The molecule has 2 aromatic rings. The molecule has 110 valence electrons. The van der Waals surface area contributed by atoms with Gasteiger partial charge in [-0.25, -0.2) is 0 Å². The molecule has 1 atom stereocenters. The van der Waals surface area contributed by atoms with Crippen molar-refractivity contribution >= 4 is 34.2 Å². The molecule has 2 rings (SSSR count). The van der Waals surface area contributed by atoms with Crippen LogP contribution >= 0.6 is 22.6 Å². The maximum atomic E-state index is 12.2. The molecule has 0 heterocycles. The number of para-hydroxylation sites is 2. The van der Waals surface area contributed by atoms with Gasteiger partial charge in [0.1, 0.15) is 11.5 Å². The van der Waals surface area contributed by atoms with Gasteiger partial charge < -0.3 is 14.8 Å². The summed E-state index contributed by atoms with van der Waals surface area (Å²) in [7, 11) is 1.57. The second-order valence-electron chi connectivity index (χ2n) is 4.40. The lowest BCUT2D eigenvalue weighted by Crippen LogP contribution is -2.30. The normalized spacial score (nSPS) is 11.6. The Morgan fingerprint density at radius 1 is 1.14 bits per heavy atom. The summed E-state index contributed by atoms with van der Waals surface area (Å²) < 4.78 is 11.9. The van der Waals surface area contributed by atoms with Gasteiger partial charge in [-0.05, 0) is 65.9 Å². The second kappa shape index (κ2) is 7.31. The van der Waals surface area contributed by atoms with Gasteiger partial charge in [0.2, 0.25) is 0 Å². The summed E-state index contributed by atoms with van der Waals surface area (Å²) in [6.45, 7) is 1.71. The number of methoxy groups -OCH3 is 1. The van der Waals surface area contributed by atoms with Gasteiger partial charge in [-0.3, -0.25) is 4.79 Å². The van der Waals surface area contributed by atoms with E-state index in [0.717, 1.165) is 3.57 Å². The van der Waals surface area contributed by atoms with Crippen LogP contribution < -0.4 is 14.8 Å². The van der Waals surface area contributed by atoms with E-state index in [1.165, 1.54) is 0 Å². The van der Waals surface area contributed by atoms with Crippen LogP contribution in [0.3, 0.4) is 0 Å². The first-order valence-electron chi connectivity index (χ1n) is 6.46. The molecule has 0 bridgehead atoms. The second-order valence-corrected chi connectivity index (χ2v) is 5.65. The third-order valence-electron chi connectivity index (χ3n) is 2.86. The number of nitrogens with one attached hydrogen (secondary N) is 1. The van der Waals surface area contributed by atoms with Crippen molar-refractivity contribution in [3.63, 3.8) is 0 Å². The molecule has 1 unspecified atom stereocenters. The lowest BCUT2D eigenvalue weighted by molar-refractivity contribution is -0.122. The molecule has 1 N–H and O–H groups in total. The molecule has 5 heteroatoms. The molecule has 0 saturated carbocycles. The fraction of sp³-hybridized carbons (Fsp3) is 0.188. The van der Waals surface area contributed by atoms with Gasteiger partial charge in [0.15, 0.2) is 6.10 Å². The summed E-state index contributed by atoms with van der Waals surface area (Å²) in [4.78, 5) is 12.2. The van der Waals surface area contributed by atoms with Gasteiger partial charge in [0, 0.05) is 3.57 Å². The van der Waals surface area contributed by atoms with E-state index < -0.39 is 6.10 Å². The van der Waals surface area contributed by atoms with Gasteiger partial charge >= 0.3 is 0 Å². The molecule has 0 radical (unpaired) electrons. The Morgan fingerprint density at radius 3 is 2.48 bits per heavy atom. The zero-order valence-corrected chi connectivity index (χ0v) is 14.0. The molecular weight excluding hydrogens is 381 g/mol. The Balaban J connectivity index is 2.01. The van der Waals surface area contributed by atoms with Crippen LogP contribution in [0.25, 0.3) is 0 Å². The summed E-state index contributed by atoms with van der Waals surface area (Å²) in [5.41, 5.74) is 0.628. The topological polar surface area (TPSA) is 47.6 Å². The zero-order valence-electron chi connectivity index (χ0n) is 11.8. The van der Waals surface area contributed by atoms with Crippen molar-refractivity contribution in [2.24, 2.45) is 0 Å². The van der Waals surface area contributed by atoms with E-state index in [1.54, 1.807) is 26.2 Å². The smallest absolute Gasteiger partial charge is 0.265 e. The number of carbonyl (C=O) groups excluding carboxylic acids is 1. The predicted octanol–water partition coefficient (Wildman–Crippen LogP) is 3.71. The SMILES string of the molecule is COc1ccccc1NC(=O)C(C)Oc1ccc(I)cc1. The highest BCUT2D eigenvalue weighted by Gasteiger charge is 2.16. The first-order valence-corrected chi connectivity index (χ1v) is 7.54. The number of carbonyl (C=O) groups is 1. The van der Waals surface area contributed by atoms with E-state index in [2.05, 4.69) is 27.9 Å². The van der Waals surface area contributed by atoms with Crippen LogP contribution in [0.1, 0.15) is 6.92 Å². The molecule has 0 aliphatic heterocycles. The van der Waals surface area contributed by atoms with E-state index >= 15 is 0 Å². The summed E-state index contributed by atoms with van der Waals surface area (Å²) in [5, 5.41) is 2.80. The van der Waals surface area contributed by atoms with Crippen LogP contribution in [0.15, 0.2) is 48.5 Å². The van der Waals surface area contributed by atoms with E-state index in [-0.39, 0.29) is 5.91 Å². The minimum absolute atomic E-state index is 0.224. The van der Waals surface area contributed by atoms with Crippen LogP contribution in [-0.2, 0) is 4.79 Å². The highest BCUT2D eigenvalue weighted by molar-refractivity contribution is 14.1. The number of halogens is 1. The zero-order chi connectivity index (χ0) is 15.2. The van der Waals surface area contributed by atoms with Crippen molar-refractivity contribution in [2.45, 2.75) is 13.0 Å².